The number of para-hydroxylation sites is 1. The van der Waals surface area contributed by atoms with Gasteiger partial charge in [-0.2, -0.15) is 4.68 Å². The first-order valence-corrected chi connectivity index (χ1v) is 9.46. The van der Waals surface area contributed by atoms with Crippen LogP contribution >= 0.6 is 0 Å². The molecular weight excluding hydrogens is 389 g/mol. The van der Waals surface area contributed by atoms with Crippen molar-refractivity contribution in [3.63, 3.8) is 0 Å². The molecular formula is C17H16FN5O4S. The summed E-state index contributed by atoms with van der Waals surface area (Å²) in [6.45, 7) is -0.329. The second-order valence-electron chi connectivity index (χ2n) is 5.85. The van der Waals surface area contributed by atoms with Crippen LogP contribution in [0.1, 0.15) is 16.2 Å². The molecule has 9 nitrogen and oxygen atoms in total. The monoisotopic (exact) mass is 405 g/mol. The number of aromatic nitrogens is 4. The molecule has 3 aromatic rings. The van der Waals surface area contributed by atoms with Crippen LogP contribution in [0.4, 0.5) is 4.39 Å². The molecule has 28 heavy (non-hydrogen) atoms. The van der Waals surface area contributed by atoms with E-state index in [1.54, 1.807) is 24.3 Å². The first-order chi connectivity index (χ1) is 13.3. The lowest BCUT2D eigenvalue weighted by Gasteiger charge is -2.12. The maximum absolute atomic E-state index is 14.1. The van der Waals surface area contributed by atoms with Crippen molar-refractivity contribution in [2.24, 2.45) is 0 Å². The van der Waals surface area contributed by atoms with E-state index in [1.165, 1.54) is 18.8 Å². The second kappa shape index (κ2) is 7.82. The van der Waals surface area contributed by atoms with Gasteiger partial charge in [0.05, 0.1) is 16.1 Å². The molecule has 0 atom stereocenters. The van der Waals surface area contributed by atoms with E-state index >= 15 is 0 Å². The van der Waals surface area contributed by atoms with Crippen LogP contribution in [-0.2, 0) is 21.4 Å². The average Bonchev–Trinajstić information content (AvgIpc) is 3.15. The number of benzene rings is 2. The molecule has 0 N–H and O–H groups in total. The molecule has 0 amide bonds. The first kappa shape index (κ1) is 19.6. The molecule has 0 radical (unpaired) electrons. The Kier molecular flexibility index (Phi) is 5.47. The van der Waals surface area contributed by atoms with E-state index in [9.17, 15) is 17.6 Å². The van der Waals surface area contributed by atoms with Crippen LogP contribution in [0.5, 0.6) is 0 Å². The van der Waals surface area contributed by atoms with Crippen LogP contribution in [0, 0.1) is 5.82 Å². The number of halogens is 1. The average molecular weight is 405 g/mol. The Morgan fingerprint density at radius 1 is 1.18 bits per heavy atom. The quantitative estimate of drug-likeness (QED) is 0.571. The molecule has 146 valence electrons. The van der Waals surface area contributed by atoms with E-state index in [2.05, 4.69) is 15.5 Å². The number of sulfonamides is 1. The molecule has 11 heteroatoms. The fraction of sp³-hybridized carbons (Fsp3) is 0.176. The number of carbonyl (C=O) groups excluding carboxylic acids is 1. The Hall–Kier alpha value is -3.18. The first-order valence-electron chi connectivity index (χ1n) is 8.02. The van der Waals surface area contributed by atoms with Gasteiger partial charge in [0.25, 0.3) is 0 Å². The largest absolute Gasteiger partial charge is 0.454 e. The minimum atomic E-state index is -3.83. The number of esters is 1. The molecule has 2 aromatic carbocycles. The Morgan fingerprint density at radius 2 is 1.89 bits per heavy atom. The van der Waals surface area contributed by atoms with Crippen LogP contribution in [0.25, 0.3) is 5.69 Å². The number of ether oxygens (including phenoxy) is 1. The molecule has 0 saturated carbocycles. The maximum atomic E-state index is 14.1. The standard InChI is InChI=1S/C17H16FN5O4S/c1-22(2)28(25,26)13-8-9-15(18)14(10-13)17(24)27-11-16-19-20-21-23(16)12-6-4-3-5-7-12/h3-10H,11H2,1-2H3. The van der Waals surface area contributed by atoms with Crippen molar-refractivity contribution in [3.05, 3.63) is 65.7 Å². The van der Waals surface area contributed by atoms with E-state index in [1.807, 2.05) is 6.07 Å². The van der Waals surface area contributed by atoms with Crippen LogP contribution < -0.4 is 0 Å². The van der Waals surface area contributed by atoms with Crippen molar-refractivity contribution in [2.75, 3.05) is 14.1 Å². The number of hydrogen-bond acceptors (Lipinski definition) is 7. The summed E-state index contributed by atoms with van der Waals surface area (Å²) < 4.78 is 45.9. The van der Waals surface area contributed by atoms with Gasteiger partial charge in [0, 0.05) is 14.1 Å². The molecule has 3 rings (SSSR count). The topological polar surface area (TPSA) is 107 Å². The highest BCUT2D eigenvalue weighted by Gasteiger charge is 2.22. The van der Waals surface area contributed by atoms with Gasteiger partial charge in [-0.05, 0) is 40.8 Å². The molecule has 0 spiro atoms. The highest BCUT2D eigenvalue weighted by atomic mass is 32.2. The smallest absolute Gasteiger partial charge is 0.341 e. The van der Waals surface area contributed by atoms with Gasteiger partial charge in [0.15, 0.2) is 12.4 Å². The molecule has 0 saturated heterocycles. The fourth-order valence-electron chi connectivity index (χ4n) is 2.31. The highest BCUT2D eigenvalue weighted by molar-refractivity contribution is 7.89. The molecule has 1 heterocycles. The predicted molar refractivity (Wildman–Crippen MR) is 95.5 cm³/mol. The zero-order chi connectivity index (χ0) is 20.3. The SMILES string of the molecule is CN(C)S(=O)(=O)c1ccc(F)c(C(=O)OCc2nnnn2-c2ccccc2)c1. The van der Waals surface area contributed by atoms with Gasteiger partial charge in [-0.1, -0.05) is 18.2 Å². The Morgan fingerprint density at radius 3 is 2.57 bits per heavy atom. The van der Waals surface area contributed by atoms with E-state index in [0.29, 0.717) is 5.69 Å². The Bertz CT molecular complexity index is 1100. The summed E-state index contributed by atoms with van der Waals surface area (Å²) in [5.74, 6) is -1.71. The van der Waals surface area contributed by atoms with E-state index in [4.69, 9.17) is 4.74 Å². The minimum absolute atomic E-state index is 0.219. The summed E-state index contributed by atoms with van der Waals surface area (Å²) in [5.41, 5.74) is 0.158. The van der Waals surface area contributed by atoms with E-state index in [-0.39, 0.29) is 17.3 Å². The van der Waals surface area contributed by atoms with E-state index < -0.39 is 27.4 Å². The summed E-state index contributed by atoms with van der Waals surface area (Å²) in [4.78, 5) is 12.1. The van der Waals surface area contributed by atoms with Gasteiger partial charge in [-0.3, -0.25) is 0 Å². The molecule has 0 aliphatic heterocycles. The lowest BCUT2D eigenvalue weighted by atomic mass is 10.2. The number of rotatable bonds is 6. The van der Waals surface area contributed by atoms with Gasteiger partial charge in [0.2, 0.25) is 10.0 Å². The molecule has 0 aliphatic carbocycles. The van der Waals surface area contributed by atoms with Crippen molar-refractivity contribution >= 4 is 16.0 Å². The summed E-state index contributed by atoms with van der Waals surface area (Å²) in [5, 5.41) is 11.2. The Balaban J connectivity index is 1.81. The van der Waals surface area contributed by atoms with Crippen molar-refractivity contribution in [3.8, 4) is 5.69 Å². The van der Waals surface area contributed by atoms with Crippen molar-refractivity contribution in [1.29, 1.82) is 0 Å². The third kappa shape index (κ3) is 3.89. The Labute approximate surface area is 160 Å². The molecule has 0 fully saturated rings. The van der Waals surface area contributed by atoms with Gasteiger partial charge in [-0.15, -0.1) is 5.10 Å². The predicted octanol–water partition coefficient (Wildman–Crippen LogP) is 1.41. The lowest BCUT2D eigenvalue weighted by molar-refractivity contribution is 0.0454. The summed E-state index contributed by atoms with van der Waals surface area (Å²) >= 11 is 0. The lowest BCUT2D eigenvalue weighted by Crippen LogP contribution is -2.22. The number of tetrazole rings is 1. The van der Waals surface area contributed by atoms with E-state index in [0.717, 1.165) is 22.5 Å². The fourth-order valence-corrected chi connectivity index (χ4v) is 3.23. The third-order valence-electron chi connectivity index (χ3n) is 3.80. The van der Waals surface area contributed by atoms with Crippen LogP contribution in [0.15, 0.2) is 53.4 Å². The minimum Gasteiger partial charge on any atom is -0.454 e. The number of carbonyl (C=O) groups is 1. The van der Waals surface area contributed by atoms with Crippen LogP contribution in [-0.4, -0.2) is 53.0 Å². The highest BCUT2D eigenvalue weighted by Crippen LogP contribution is 2.19. The van der Waals surface area contributed by atoms with Gasteiger partial charge < -0.3 is 4.74 Å². The molecule has 0 bridgehead atoms. The van der Waals surface area contributed by atoms with Gasteiger partial charge in [-0.25, -0.2) is 21.9 Å². The molecule has 1 aromatic heterocycles. The normalized spacial score (nSPS) is 11.6. The molecule has 0 aliphatic rings. The van der Waals surface area contributed by atoms with Crippen molar-refractivity contribution < 1.29 is 22.3 Å². The molecule has 0 unspecified atom stereocenters. The third-order valence-corrected chi connectivity index (χ3v) is 5.61. The summed E-state index contributed by atoms with van der Waals surface area (Å²) in [6.07, 6.45) is 0. The summed E-state index contributed by atoms with van der Waals surface area (Å²) in [6, 6.07) is 11.8. The van der Waals surface area contributed by atoms with Gasteiger partial charge >= 0.3 is 5.97 Å². The maximum Gasteiger partial charge on any atom is 0.341 e. The van der Waals surface area contributed by atoms with Crippen molar-refractivity contribution in [2.45, 2.75) is 11.5 Å². The van der Waals surface area contributed by atoms with Crippen molar-refractivity contribution in [1.82, 2.24) is 24.5 Å². The van der Waals surface area contributed by atoms with Gasteiger partial charge in [0.1, 0.15) is 5.82 Å². The van der Waals surface area contributed by atoms with Crippen LogP contribution in [0.2, 0.25) is 0 Å². The van der Waals surface area contributed by atoms with Crippen LogP contribution in [0.3, 0.4) is 0 Å². The number of nitrogens with zero attached hydrogens (tertiary/aromatic N) is 5. The summed E-state index contributed by atoms with van der Waals surface area (Å²) in [7, 11) is -1.16. The zero-order valence-electron chi connectivity index (χ0n) is 15.0. The number of hydrogen-bond donors (Lipinski definition) is 0. The second-order valence-corrected chi connectivity index (χ2v) is 8.00. The zero-order valence-corrected chi connectivity index (χ0v) is 15.8.